The lowest BCUT2D eigenvalue weighted by molar-refractivity contribution is 0.391. The molecule has 1 aromatic rings. The SMILES string of the molecule is Cc1c2oc3c(C)c(N)cc(CCCCCN(C)C)c3nc-2c(CCCCCN(C)C)c(N)c1=O. The number of nitrogens with two attached hydrogens (primary N) is 2. The first kappa shape index (κ1) is 27.0. The van der Waals surface area contributed by atoms with E-state index in [0.717, 1.165) is 85.9 Å². The second kappa shape index (κ2) is 11.9. The molecule has 1 aromatic carbocycles. The molecule has 1 heterocycles. The molecule has 35 heavy (non-hydrogen) atoms. The van der Waals surface area contributed by atoms with Crippen molar-refractivity contribution in [3.63, 3.8) is 0 Å². The largest absolute Gasteiger partial charge is 0.452 e. The molecule has 0 bridgehead atoms. The highest BCUT2D eigenvalue weighted by Gasteiger charge is 2.24. The number of anilines is 2. The van der Waals surface area contributed by atoms with E-state index in [0.29, 0.717) is 34.7 Å². The van der Waals surface area contributed by atoms with Crippen molar-refractivity contribution in [1.82, 2.24) is 14.8 Å². The van der Waals surface area contributed by atoms with Gasteiger partial charge in [-0.05, 0) is 105 Å². The molecule has 0 fully saturated rings. The van der Waals surface area contributed by atoms with Crippen molar-refractivity contribution in [1.29, 1.82) is 0 Å². The van der Waals surface area contributed by atoms with Gasteiger partial charge in [-0.2, -0.15) is 0 Å². The summed E-state index contributed by atoms with van der Waals surface area (Å²) in [6, 6.07) is 2.04. The zero-order valence-corrected chi connectivity index (χ0v) is 22.5. The summed E-state index contributed by atoms with van der Waals surface area (Å²) in [6.07, 6.45) is 8.09. The van der Waals surface area contributed by atoms with Gasteiger partial charge in [0.15, 0.2) is 11.3 Å². The fraction of sp³-hybridized carbons (Fsp3) is 0.571. The topological polar surface area (TPSA) is 102 Å². The first-order valence-corrected chi connectivity index (χ1v) is 12.8. The van der Waals surface area contributed by atoms with Crippen molar-refractivity contribution in [3.8, 4) is 11.5 Å². The van der Waals surface area contributed by atoms with E-state index < -0.39 is 0 Å². The number of hydrogen-bond donors (Lipinski definition) is 2. The molecule has 1 aliphatic carbocycles. The van der Waals surface area contributed by atoms with Gasteiger partial charge in [0.1, 0.15) is 11.2 Å². The number of nitrogen functional groups attached to an aromatic ring is 2. The summed E-state index contributed by atoms with van der Waals surface area (Å²) < 4.78 is 6.41. The van der Waals surface area contributed by atoms with Crippen LogP contribution in [0.3, 0.4) is 0 Å². The maximum absolute atomic E-state index is 12.9. The second-order valence-corrected chi connectivity index (χ2v) is 10.4. The minimum Gasteiger partial charge on any atom is -0.452 e. The summed E-state index contributed by atoms with van der Waals surface area (Å²) in [5, 5.41) is 0. The van der Waals surface area contributed by atoms with Crippen LogP contribution >= 0.6 is 0 Å². The lowest BCUT2D eigenvalue weighted by Gasteiger charge is -2.18. The van der Waals surface area contributed by atoms with Crippen molar-refractivity contribution in [2.24, 2.45) is 0 Å². The van der Waals surface area contributed by atoms with Gasteiger partial charge in [0, 0.05) is 22.4 Å². The van der Waals surface area contributed by atoms with Crippen LogP contribution in [-0.2, 0) is 12.8 Å². The van der Waals surface area contributed by atoms with Crippen LogP contribution in [0, 0.1) is 13.8 Å². The molecule has 0 saturated heterocycles. The molecule has 0 saturated carbocycles. The van der Waals surface area contributed by atoms with Crippen LogP contribution in [0.5, 0.6) is 0 Å². The van der Waals surface area contributed by atoms with Crippen molar-refractivity contribution >= 4 is 22.5 Å². The number of rotatable bonds is 12. The molecule has 0 amide bonds. The molecule has 4 N–H and O–H groups in total. The highest BCUT2D eigenvalue weighted by atomic mass is 16.3. The van der Waals surface area contributed by atoms with Crippen molar-refractivity contribution in [2.45, 2.75) is 65.2 Å². The maximum Gasteiger partial charge on any atom is 0.208 e. The van der Waals surface area contributed by atoms with E-state index in [9.17, 15) is 4.79 Å². The third-order valence-electron chi connectivity index (χ3n) is 6.89. The lowest BCUT2D eigenvalue weighted by Crippen LogP contribution is -2.18. The minimum atomic E-state index is -0.159. The minimum absolute atomic E-state index is 0.159. The van der Waals surface area contributed by atoms with E-state index in [2.05, 4.69) is 38.0 Å². The molecule has 0 aromatic heterocycles. The van der Waals surface area contributed by atoms with Gasteiger partial charge in [0.25, 0.3) is 0 Å². The average molecular weight is 482 g/mol. The smallest absolute Gasteiger partial charge is 0.208 e. The highest BCUT2D eigenvalue weighted by molar-refractivity contribution is 5.88. The van der Waals surface area contributed by atoms with Crippen LogP contribution in [0.4, 0.5) is 11.4 Å². The maximum atomic E-state index is 12.9. The Morgan fingerprint density at radius 3 is 2.06 bits per heavy atom. The zero-order chi connectivity index (χ0) is 25.7. The molecule has 0 unspecified atom stereocenters. The third-order valence-corrected chi connectivity index (χ3v) is 6.89. The van der Waals surface area contributed by atoms with Crippen LogP contribution in [-0.4, -0.2) is 56.1 Å². The van der Waals surface area contributed by atoms with Gasteiger partial charge in [-0.3, -0.25) is 4.79 Å². The Balaban J connectivity index is 2.01. The van der Waals surface area contributed by atoms with Crippen LogP contribution in [0.15, 0.2) is 15.3 Å². The molecule has 0 radical (unpaired) electrons. The summed E-state index contributed by atoms with van der Waals surface area (Å²) in [7, 11) is 8.37. The summed E-state index contributed by atoms with van der Waals surface area (Å²) in [5.74, 6) is 0.533. The van der Waals surface area contributed by atoms with E-state index in [1.165, 1.54) is 0 Å². The number of hydrogen-bond acceptors (Lipinski definition) is 7. The normalized spacial score (nSPS) is 12.0. The Labute approximate surface area is 209 Å². The molecular formula is C28H43N5O2. The highest BCUT2D eigenvalue weighted by Crippen LogP contribution is 2.36. The second-order valence-electron chi connectivity index (χ2n) is 10.4. The van der Waals surface area contributed by atoms with Crippen molar-refractivity contribution in [3.05, 3.63) is 38.5 Å². The van der Waals surface area contributed by atoms with Gasteiger partial charge in [0.05, 0.1) is 5.69 Å². The molecule has 192 valence electrons. The van der Waals surface area contributed by atoms with Crippen LogP contribution in [0.2, 0.25) is 0 Å². The Bertz CT molecular complexity index is 1180. The number of aryl methyl sites for hydroxylation is 2. The van der Waals surface area contributed by atoms with E-state index >= 15 is 0 Å². The molecule has 2 aliphatic rings. The molecular weight excluding hydrogens is 438 g/mol. The fourth-order valence-electron chi connectivity index (χ4n) is 4.68. The summed E-state index contributed by atoms with van der Waals surface area (Å²) in [4.78, 5) is 22.5. The van der Waals surface area contributed by atoms with Crippen molar-refractivity contribution in [2.75, 3.05) is 52.7 Å². The predicted molar refractivity (Wildman–Crippen MR) is 147 cm³/mol. The standard InChI is InChI=1S/C28H43N5O2/c1-18-22(29)17-20(13-9-7-11-15-32(3)4)24-27(18)35-28-19(2)26(34)23(30)21(25(28)31-24)14-10-8-12-16-33(5)6/h17H,7-16,29-30H2,1-6H3. The number of unbranched alkanes of at least 4 members (excludes halogenated alkanes) is 4. The number of fused-ring (bicyclic) bond motifs is 2. The monoisotopic (exact) mass is 481 g/mol. The Morgan fingerprint density at radius 2 is 1.46 bits per heavy atom. The van der Waals surface area contributed by atoms with E-state index in [1.54, 1.807) is 6.92 Å². The number of aromatic nitrogens is 1. The summed E-state index contributed by atoms with van der Waals surface area (Å²) >= 11 is 0. The van der Waals surface area contributed by atoms with Gasteiger partial charge < -0.3 is 25.7 Å². The van der Waals surface area contributed by atoms with Gasteiger partial charge in [-0.15, -0.1) is 0 Å². The molecule has 7 heteroatoms. The van der Waals surface area contributed by atoms with Gasteiger partial charge in [-0.1, -0.05) is 12.8 Å². The number of nitrogens with zero attached hydrogens (tertiary/aromatic N) is 3. The summed E-state index contributed by atoms with van der Waals surface area (Å²) in [6.45, 7) is 5.86. The summed E-state index contributed by atoms with van der Waals surface area (Å²) in [5.41, 5.74) is 19.1. The first-order valence-electron chi connectivity index (χ1n) is 12.8. The van der Waals surface area contributed by atoms with Gasteiger partial charge in [0.2, 0.25) is 5.43 Å². The van der Waals surface area contributed by atoms with Crippen molar-refractivity contribution < 1.29 is 4.42 Å². The van der Waals surface area contributed by atoms with Crippen LogP contribution < -0.4 is 16.9 Å². The van der Waals surface area contributed by atoms with Crippen LogP contribution in [0.25, 0.3) is 22.6 Å². The third kappa shape index (κ3) is 6.33. The molecule has 1 aliphatic heterocycles. The molecule has 0 atom stereocenters. The van der Waals surface area contributed by atoms with E-state index in [1.807, 2.05) is 13.0 Å². The van der Waals surface area contributed by atoms with Gasteiger partial charge in [-0.25, -0.2) is 4.98 Å². The Hall–Kier alpha value is -2.64. The average Bonchev–Trinajstić information content (AvgIpc) is 2.81. The predicted octanol–water partition coefficient (Wildman–Crippen LogP) is 4.62. The molecule has 3 rings (SSSR count). The molecule has 7 nitrogen and oxygen atoms in total. The molecule has 0 spiro atoms. The number of benzene rings is 2. The van der Waals surface area contributed by atoms with Crippen LogP contribution in [0.1, 0.15) is 60.8 Å². The fourth-order valence-corrected chi connectivity index (χ4v) is 4.68. The Kier molecular flexibility index (Phi) is 9.14. The van der Waals surface area contributed by atoms with Gasteiger partial charge >= 0.3 is 0 Å². The van der Waals surface area contributed by atoms with E-state index in [-0.39, 0.29) is 5.43 Å². The first-order chi connectivity index (χ1) is 16.6. The Morgan fingerprint density at radius 1 is 0.857 bits per heavy atom. The van der Waals surface area contributed by atoms with E-state index in [4.69, 9.17) is 20.9 Å². The lowest BCUT2D eigenvalue weighted by atomic mass is 9.95. The zero-order valence-electron chi connectivity index (χ0n) is 22.5. The quantitative estimate of drug-likeness (QED) is 0.221.